The second-order valence-electron chi connectivity index (χ2n) is 14.1. The first kappa shape index (κ1) is 36.3. The van der Waals surface area contributed by atoms with Gasteiger partial charge in [0.25, 0.3) is 11.8 Å². The van der Waals surface area contributed by atoms with Gasteiger partial charge in [0.15, 0.2) is 0 Å². The number of aromatic nitrogens is 4. The van der Waals surface area contributed by atoms with Crippen LogP contribution in [0.25, 0.3) is 38.9 Å². The van der Waals surface area contributed by atoms with Crippen LogP contribution < -0.4 is 0 Å². The van der Waals surface area contributed by atoms with Crippen molar-refractivity contribution in [3.63, 3.8) is 0 Å². The molecule has 54 heavy (non-hydrogen) atoms. The number of rotatable bonds is 6. The molecule has 0 unspecified atom stereocenters. The fourth-order valence-corrected chi connectivity index (χ4v) is 8.30. The third-order valence-corrected chi connectivity index (χ3v) is 11.4. The molecule has 7 rings (SSSR count). The highest BCUT2D eigenvalue weighted by Crippen LogP contribution is 2.53. The Labute approximate surface area is 311 Å². The van der Waals surface area contributed by atoms with Crippen LogP contribution in [0.15, 0.2) is 35.9 Å². The van der Waals surface area contributed by atoms with Crippen molar-refractivity contribution in [2.75, 3.05) is 28.4 Å². The number of methoxy groups -OCH3 is 3. The average Bonchev–Trinajstić information content (AvgIpc) is 3.83. The van der Waals surface area contributed by atoms with Crippen LogP contribution >= 0.6 is 0 Å². The highest BCUT2D eigenvalue weighted by atomic mass is 16.5. The summed E-state index contributed by atoms with van der Waals surface area (Å²) in [5.41, 5.74) is 8.38. The van der Waals surface area contributed by atoms with Crippen LogP contribution in [0, 0.1) is 12.8 Å². The molecule has 4 aliphatic heterocycles. The Kier molecular flexibility index (Phi) is 8.78. The molecule has 2 atom stereocenters. The zero-order chi connectivity index (χ0) is 39.0. The zero-order valence-electron chi connectivity index (χ0n) is 31.7. The van der Waals surface area contributed by atoms with Gasteiger partial charge >= 0.3 is 17.9 Å². The van der Waals surface area contributed by atoms with Gasteiger partial charge in [-0.25, -0.2) is 14.8 Å². The van der Waals surface area contributed by atoms with Gasteiger partial charge in [-0.3, -0.25) is 24.1 Å². The number of nitrogens with zero attached hydrogens (tertiary/aromatic N) is 3. The predicted octanol–water partition coefficient (Wildman–Crippen LogP) is 6.04. The second-order valence-corrected chi connectivity index (χ2v) is 14.1. The van der Waals surface area contributed by atoms with Crippen molar-refractivity contribution in [1.29, 1.82) is 0 Å². The Balaban J connectivity index is 1.68. The van der Waals surface area contributed by atoms with E-state index in [1.807, 2.05) is 46.8 Å². The minimum absolute atomic E-state index is 0.00920. The number of ether oxygens (including phenoxy) is 3. The number of aromatic amines is 2. The Morgan fingerprint density at radius 2 is 1.54 bits per heavy atom. The number of H-pyrrole nitrogens is 2. The minimum Gasteiger partial charge on any atom is -0.469 e. The SMILES string of the molecule is CCC1=C(C)c2cc3[nH]c(cc4nc(c5c6[nH]c(cc1n2)c(C)c6C(=O)N(C)C5=O)C(CCC(=O)OC)=C4C)[C@@]1(C)C3=CC=C(C(=O)OC)[C@H]1C(=O)OC. The van der Waals surface area contributed by atoms with E-state index in [9.17, 15) is 24.0 Å². The van der Waals surface area contributed by atoms with E-state index < -0.39 is 41.1 Å². The highest BCUT2D eigenvalue weighted by molar-refractivity contribution is 6.24. The van der Waals surface area contributed by atoms with E-state index in [0.29, 0.717) is 79.5 Å². The van der Waals surface area contributed by atoms with Crippen LogP contribution in [-0.4, -0.2) is 82.9 Å². The minimum atomic E-state index is -1.19. The molecule has 6 heterocycles. The Hall–Kier alpha value is -6.11. The molecule has 5 aliphatic rings. The number of esters is 3. The first-order valence-electron chi connectivity index (χ1n) is 17.7. The Morgan fingerprint density at radius 3 is 2.20 bits per heavy atom. The molecule has 0 spiro atoms. The van der Waals surface area contributed by atoms with Crippen LogP contribution in [0.5, 0.6) is 0 Å². The highest BCUT2D eigenvalue weighted by Gasteiger charge is 2.53. The quantitative estimate of drug-likeness (QED) is 0.203. The first-order valence-corrected chi connectivity index (χ1v) is 17.7. The number of carbonyl (C=O) groups is 5. The summed E-state index contributed by atoms with van der Waals surface area (Å²) < 4.78 is 15.4. The predicted molar refractivity (Wildman–Crippen MR) is 201 cm³/mol. The fraction of sp³-hybridized carbons (Fsp3) is 0.341. The molecule has 2 aromatic rings. The summed E-state index contributed by atoms with van der Waals surface area (Å²) in [5.74, 6) is -3.87. The number of nitrogens with one attached hydrogen (secondary N) is 2. The standard InChI is InChI=1S/C41H41N5O8/c1-10-21-18(2)25-16-29-24-13-11-23(39(50)53-8)34(40(51)54-9)41(24,5)30(43-29)17-27-19(3)22(12-14-31(47)52-7)35(44-27)33-36-32(37(48)46(6)38(33)49)20(4)26(45-36)15-28(21)42-25/h11,13,15-17,34,43,45H,10,12,14H2,1-9H3/t34-,41+/m0/s1. The van der Waals surface area contributed by atoms with Crippen LogP contribution in [-0.2, 0) is 34.0 Å². The Morgan fingerprint density at radius 1 is 0.852 bits per heavy atom. The topological polar surface area (TPSA) is 174 Å². The van der Waals surface area contributed by atoms with Crippen LogP contribution in [0.3, 0.4) is 0 Å². The Bertz CT molecular complexity index is 2460. The maximum absolute atomic E-state index is 14.2. The van der Waals surface area contributed by atoms with Gasteiger partial charge in [0, 0.05) is 30.4 Å². The van der Waals surface area contributed by atoms with Gasteiger partial charge in [-0.15, -0.1) is 0 Å². The molecule has 1 aliphatic carbocycles. The van der Waals surface area contributed by atoms with E-state index in [1.165, 1.54) is 28.4 Å². The molecule has 8 bridgehead atoms. The average molecular weight is 732 g/mol. The number of hydrogen-bond acceptors (Lipinski definition) is 10. The third-order valence-electron chi connectivity index (χ3n) is 11.4. The number of imide groups is 1. The molecule has 13 nitrogen and oxygen atoms in total. The van der Waals surface area contributed by atoms with Crippen LogP contribution in [0.4, 0.5) is 0 Å². The lowest BCUT2D eigenvalue weighted by molar-refractivity contribution is -0.149. The van der Waals surface area contributed by atoms with Crippen molar-refractivity contribution < 1.29 is 38.2 Å². The smallest absolute Gasteiger partial charge is 0.334 e. The first-order chi connectivity index (χ1) is 25.7. The van der Waals surface area contributed by atoms with Crippen molar-refractivity contribution in [2.24, 2.45) is 5.92 Å². The molecule has 2 amide bonds. The zero-order valence-corrected chi connectivity index (χ0v) is 31.7. The van der Waals surface area contributed by atoms with E-state index in [4.69, 9.17) is 24.2 Å². The van der Waals surface area contributed by atoms with Crippen molar-refractivity contribution in [3.8, 4) is 0 Å². The summed E-state index contributed by atoms with van der Waals surface area (Å²) in [6.07, 6.45) is 4.26. The maximum Gasteiger partial charge on any atom is 0.334 e. The summed E-state index contributed by atoms with van der Waals surface area (Å²) in [5, 5.41) is 0. The molecule has 13 heteroatoms. The maximum atomic E-state index is 14.2. The molecule has 0 fully saturated rings. The van der Waals surface area contributed by atoms with Gasteiger partial charge in [-0.1, -0.05) is 19.1 Å². The van der Waals surface area contributed by atoms with Gasteiger partial charge in [-0.05, 0) is 92.2 Å². The molecular formula is C41H41N5O8. The molecule has 0 saturated heterocycles. The number of fused-ring (bicyclic) bond motifs is 11. The van der Waals surface area contributed by atoms with E-state index in [0.717, 1.165) is 16.0 Å². The van der Waals surface area contributed by atoms with E-state index in [2.05, 4.69) is 9.97 Å². The van der Waals surface area contributed by atoms with E-state index >= 15 is 0 Å². The second kappa shape index (κ2) is 13.1. The molecule has 2 N–H and O–H groups in total. The molecule has 0 aromatic carbocycles. The lowest BCUT2D eigenvalue weighted by atomic mass is 9.64. The number of allylic oxidation sites excluding steroid dienone is 7. The number of carbonyl (C=O) groups excluding carboxylic acids is 5. The van der Waals surface area contributed by atoms with Crippen molar-refractivity contribution in [1.82, 2.24) is 24.8 Å². The van der Waals surface area contributed by atoms with Gasteiger partial charge in [0.1, 0.15) is 5.92 Å². The summed E-state index contributed by atoms with van der Waals surface area (Å²) in [4.78, 5) is 85.6. The van der Waals surface area contributed by atoms with Crippen molar-refractivity contribution in [2.45, 2.75) is 59.3 Å². The normalized spacial score (nSPS) is 19.6. The summed E-state index contributed by atoms with van der Waals surface area (Å²) >= 11 is 0. The molecule has 278 valence electrons. The van der Waals surface area contributed by atoms with Crippen LogP contribution in [0.2, 0.25) is 0 Å². The van der Waals surface area contributed by atoms with Crippen molar-refractivity contribution >= 4 is 68.6 Å². The number of hydrogen-bond donors (Lipinski definition) is 2. The fourth-order valence-electron chi connectivity index (χ4n) is 8.30. The molecule has 0 saturated carbocycles. The van der Waals surface area contributed by atoms with Gasteiger partial charge < -0.3 is 24.2 Å². The molecular weight excluding hydrogens is 690 g/mol. The van der Waals surface area contributed by atoms with Crippen molar-refractivity contribution in [3.05, 3.63) is 86.8 Å². The lowest BCUT2D eigenvalue weighted by Gasteiger charge is -2.36. The lowest BCUT2D eigenvalue weighted by Crippen LogP contribution is -2.42. The summed E-state index contributed by atoms with van der Waals surface area (Å²) in [6.45, 7) is 9.59. The van der Waals surface area contributed by atoms with Crippen LogP contribution in [0.1, 0.15) is 107 Å². The van der Waals surface area contributed by atoms with E-state index in [1.54, 1.807) is 18.2 Å². The van der Waals surface area contributed by atoms with E-state index in [-0.39, 0.29) is 24.0 Å². The van der Waals surface area contributed by atoms with Gasteiger partial charge in [-0.2, -0.15) is 0 Å². The number of aryl methyl sites for hydroxylation is 1. The van der Waals surface area contributed by atoms with Gasteiger partial charge in [0.05, 0.1) is 71.7 Å². The summed E-state index contributed by atoms with van der Waals surface area (Å²) in [6, 6.07) is 5.63. The van der Waals surface area contributed by atoms with Gasteiger partial charge in [0.2, 0.25) is 0 Å². The largest absolute Gasteiger partial charge is 0.469 e. The number of amides is 2. The third kappa shape index (κ3) is 5.16. The summed E-state index contributed by atoms with van der Waals surface area (Å²) in [7, 11) is 5.28. The monoisotopic (exact) mass is 731 g/mol. The molecule has 2 aromatic heterocycles. The molecule has 0 radical (unpaired) electrons.